The van der Waals surface area contributed by atoms with Gasteiger partial charge in [0.25, 0.3) is 0 Å². The van der Waals surface area contributed by atoms with Crippen LogP contribution in [0, 0.1) is 0 Å². The van der Waals surface area contributed by atoms with Crippen LogP contribution >= 0.6 is 0 Å². The van der Waals surface area contributed by atoms with Gasteiger partial charge in [0.05, 0.1) is 6.20 Å². The van der Waals surface area contributed by atoms with E-state index in [1.807, 2.05) is 18.2 Å². The molecule has 0 saturated carbocycles. The average molecular weight is 189 g/mol. The second kappa shape index (κ2) is 3.89. The number of aromatic nitrogens is 3. The molecule has 2 aromatic rings. The maximum Gasteiger partial charge on any atom is 0.131 e. The lowest BCUT2D eigenvalue weighted by Crippen LogP contribution is -1.98. The topological polar surface area (TPSA) is 79.6 Å². The molecule has 2 rings (SSSR count). The third-order valence-corrected chi connectivity index (χ3v) is 1.82. The second-order valence-corrected chi connectivity index (χ2v) is 2.85. The molecule has 5 heteroatoms. The molecule has 0 unspecified atom stereocenters. The first kappa shape index (κ1) is 8.71. The largest absolute Gasteiger partial charge is 0.326 e. The molecule has 0 spiro atoms. The lowest BCUT2D eigenvalue weighted by molar-refractivity contribution is 1.05. The van der Waals surface area contributed by atoms with Crippen LogP contribution in [0.1, 0.15) is 5.56 Å². The molecule has 0 atom stereocenters. The summed E-state index contributed by atoms with van der Waals surface area (Å²) in [6, 6.07) is 5.65. The quantitative estimate of drug-likeness (QED) is 0.673. The second-order valence-electron chi connectivity index (χ2n) is 2.85. The van der Waals surface area contributed by atoms with Crippen LogP contribution in [0.4, 0.5) is 11.6 Å². The van der Waals surface area contributed by atoms with E-state index in [1.165, 1.54) is 0 Å². The number of anilines is 2. The Hall–Kier alpha value is -1.88. The molecule has 5 nitrogen and oxygen atoms in total. The zero-order valence-corrected chi connectivity index (χ0v) is 7.57. The molecule has 0 saturated heterocycles. The monoisotopic (exact) mass is 189 g/mol. The predicted octanol–water partition coefficient (Wildman–Crippen LogP) is 1.01. The zero-order chi connectivity index (χ0) is 9.80. The molecule has 72 valence electrons. The molecule has 0 aliphatic carbocycles. The van der Waals surface area contributed by atoms with Crippen LogP contribution in [0.15, 0.2) is 30.6 Å². The Kier molecular flexibility index (Phi) is 2.42. The van der Waals surface area contributed by atoms with E-state index in [4.69, 9.17) is 5.73 Å². The average Bonchev–Trinajstić information content (AvgIpc) is 2.72. The van der Waals surface area contributed by atoms with Crippen molar-refractivity contribution in [1.29, 1.82) is 0 Å². The summed E-state index contributed by atoms with van der Waals surface area (Å²) < 4.78 is 0. The summed E-state index contributed by atoms with van der Waals surface area (Å²) in [5.41, 5.74) is 6.47. The van der Waals surface area contributed by atoms with Crippen molar-refractivity contribution in [3.8, 4) is 0 Å². The minimum atomic E-state index is 0.511. The number of aromatic amines is 1. The van der Waals surface area contributed by atoms with E-state index in [2.05, 4.69) is 20.5 Å². The fourth-order valence-corrected chi connectivity index (χ4v) is 1.08. The number of nitrogens with one attached hydrogen (secondary N) is 2. The highest BCUT2D eigenvalue weighted by Gasteiger charge is 1.96. The van der Waals surface area contributed by atoms with Gasteiger partial charge in [-0.25, -0.2) is 4.98 Å². The minimum absolute atomic E-state index is 0.511. The van der Waals surface area contributed by atoms with E-state index in [0.717, 1.165) is 17.2 Å². The van der Waals surface area contributed by atoms with E-state index in [9.17, 15) is 0 Å². The van der Waals surface area contributed by atoms with Gasteiger partial charge >= 0.3 is 0 Å². The molecule has 0 aliphatic rings. The highest BCUT2D eigenvalue weighted by atomic mass is 15.2. The number of nitrogens with two attached hydrogens (primary N) is 1. The molecule has 0 bridgehead atoms. The molecule has 0 amide bonds. The van der Waals surface area contributed by atoms with Gasteiger partial charge < -0.3 is 11.1 Å². The van der Waals surface area contributed by atoms with Crippen LogP contribution in [0.2, 0.25) is 0 Å². The Morgan fingerprint density at radius 3 is 2.86 bits per heavy atom. The molecule has 0 radical (unpaired) electrons. The van der Waals surface area contributed by atoms with Crippen molar-refractivity contribution in [3.63, 3.8) is 0 Å². The molecular weight excluding hydrogens is 178 g/mol. The predicted molar refractivity (Wildman–Crippen MR) is 54.0 cm³/mol. The van der Waals surface area contributed by atoms with Crippen molar-refractivity contribution in [2.45, 2.75) is 6.54 Å². The van der Waals surface area contributed by atoms with Crippen molar-refractivity contribution < 1.29 is 0 Å². The van der Waals surface area contributed by atoms with E-state index in [1.54, 1.807) is 12.4 Å². The molecular formula is C9H11N5. The summed E-state index contributed by atoms with van der Waals surface area (Å²) >= 11 is 0. The van der Waals surface area contributed by atoms with Crippen molar-refractivity contribution in [2.75, 3.05) is 5.32 Å². The Labute approximate surface area is 81.4 Å². The van der Waals surface area contributed by atoms with Crippen LogP contribution in [-0.4, -0.2) is 15.2 Å². The molecule has 0 fully saturated rings. The Morgan fingerprint density at radius 1 is 1.36 bits per heavy atom. The van der Waals surface area contributed by atoms with Gasteiger partial charge in [-0.2, -0.15) is 5.10 Å². The van der Waals surface area contributed by atoms with Gasteiger partial charge in [0.1, 0.15) is 11.6 Å². The first-order valence-corrected chi connectivity index (χ1v) is 4.30. The molecule has 2 aromatic heterocycles. The van der Waals surface area contributed by atoms with Gasteiger partial charge in [-0.1, -0.05) is 6.07 Å². The van der Waals surface area contributed by atoms with Crippen LogP contribution in [-0.2, 0) is 6.54 Å². The summed E-state index contributed by atoms with van der Waals surface area (Å²) in [5.74, 6) is 1.59. The third kappa shape index (κ3) is 1.89. The van der Waals surface area contributed by atoms with Gasteiger partial charge in [0.2, 0.25) is 0 Å². The number of H-pyrrole nitrogens is 1. The summed E-state index contributed by atoms with van der Waals surface area (Å²) in [4.78, 5) is 4.19. The van der Waals surface area contributed by atoms with E-state index in [0.29, 0.717) is 6.54 Å². The van der Waals surface area contributed by atoms with Crippen molar-refractivity contribution in [3.05, 3.63) is 36.2 Å². The standard InChI is InChI=1S/C9H11N5/c10-5-7-1-2-8(11-6-7)13-9-3-4-12-14-9/h1-4,6H,5,10H2,(H2,11,12,13,14). The fraction of sp³-hybridized carbons (Fsp3) is 0.111. The molecule has 14 heavy (non-hydrogen) atoms. The maximum atomic E-state index is 5.46. The van der Waals surface area contributed by atoms with Gasteiger partial charge in [-0.05, 0) is 11.6 Å². The number of rotatable bonds is 3. The molecule has 0 aromatic carbocycles. The minimum Gasteiger partial charge on any atom is -0.326 e. The van der Waals surface area contributed by atoms with E-state index >= 15 is 0 Å². The Bertz CT molecular complexity index is 378. The van der Waals surface area contributed by atoms with E-state index in [-0.39, 0.29) is 0 Å². The van der Waals surface area contributed by atoms with E-state index < -0.39 is 0 Å². The summed E-state index contributed by atoms with van der Waals surface area (Å²) in [7, 11) is 0. The number of nitrogens with zero attached hydrogens (tertiary/aromatic N) is 2. The highest BCUT2D eigenvalue weighted by Crippen LogP contribution is 2.10. The normalized spacial score (nSPS) is 10.1. The van der Waals surface area contributed by atoms with Crippen LogP contribution < -0.4 is 11.1 Å². The van der Waals surface area contributed by atoms with Crippen LogP contribution in [0.3, 0.4) is 0 Å². The first-order chi connectivity index (χ1) is 6.88. The summed E-state index contributed by atoms with van der Waals surface area (Å²) in [5, 5.41) is 9.67. The number of pyridine rings is 1. The third-order valence-electron chi connectivity index (χ3n) is 1.82. The highest BCUT2D eigenvalue weighted by molar-refractivity contribution is 5.50. The van der Waals surface area contributed by atoms with Crippen LogP contribution in [0.5, 0.6) is 0 Å². The molecule has 2 heterocycles. The van der Waals surface area contributed by atoms with Crippen molar-refractivity contribution in [2.24, 2.45) is 5.73 Å². The SMILES string of the molecule is NCc1ccc(Nc2ccn[nH]2)nc1. The van der Waals surface area contributed by atoms with Gasteiger partial charge in [0.15, 0.2) is 0 Å². The van der Waals surface area contributed by atoms with Crippen molar-refractivity contribution >= 4 is 11.6 Å². The summed E-state index contributed by atoms with van der Waals surface area (Å²) in [6.07, 6.45) is 3.43. The zero-order valence-electron chi connectivity index (χ0n) is 7.57. The first-order valence-electron chi connectivity index (χ1n) is 4.30. The molecule has 4 N–H and O–H groups in total. The molecule has 0 aliphatic heterocycles. The lowest BCUT2D eigenvalue weighted by atomic mass is 10.3. The van der Waals surface area contributed by atoms with Gasteiger partial charge in [-0.15, -0.1) is 0 Å². The maximum absolute atomic E-state index is 5.46. The smallest absolute Gasteiger partial charge is 0.131 e. The Morgan fingerprint density at radius 2 is 2.29 bits per heavy atom. The van der Waals surface area contributed by atoms with Gasteiger partial charge in [0, 0.05) is 18.8 Å². The van der Waals surface area contributed by atoms with Crippen molar-refractivity contribution in [1.82, 2.24) is 15.2 Å². The summed E-state index contributed by atoms with van der Waals surface area (Å²) in [6.45, 7) is 0.511. The fourth-order valence-electron chi connectivity index (χ4n) is 1.08. The Balaban J connectivity index is 2.10. The number of hydrogen-bond acceptors (Lipinski definition) is 4. The van der Waals surface area contributed by atoms with Crippen LogP contribution in [0.25, 0.3) is 0 Å². The number of hydrogen-bond donors (Lipinski definition) is 3. The lowest BCUT2D eigenvalue weighted by Gasteiger charge is -2.02. The van der Waals surface area contributed by atoms with Gasteiger partial charge in [-0.3, -0.25) is 5.10 Å².